The molecule has 31 heavy (non-hydrogen) atoms. The minimum absolute atomic E-state index is 0.0693. The average molecular weight is 438 g/mol. The van der Waals surface area contributed by atoms with Crippen molar-refractivity contribution in [1.29, 1.82) is 0 Å². The number of benzene rings is 2. The van der Waals surface area contributed by atoms with Crippen LogP contribution in [0.15, 0.2) is 42.5 Å². The second-order valence-corrected chi connectivity index (χ2v) is 8.46. The lowest BCUT2D eigenvalue weighted by Crippen LogP contribution is -2.48. The summed E-state index contributed by atoms with van der Waals surface area (Å²) in [6.07, 6.45) is 0.987. The molecule has 1 aromatic heterocycles. The van der Waals surface area contributed by atoms with Gasteiger partial charge in [-0.15, -0.1) is 5.10 Å². The summed E-state index contributed by atoms with van der Waals surface area (Å²) in [7, 11) is 0. The van der Waals surface area contributed by atoms with E-state index in [1.165, 1.54) is 11.1 Å². The van der Waals surface area contributed by atoms with Gasteiger partial charge in [0.1, 0.15) is 5.75 Å². The number of amides is 1. The van der Waals surface area contributed by atoms with Gasteiger partial charge in [0.05, 0.1) is 18.0 Å². The lowest BCUT2D eigenvalue weighted by molar-refractivity contribution is 0.0622. The number of rotatable bonds is 4. The zero-order valence-electron chi connectivity index (χ0n) is 17.4. The predicted molar refractivity (Wildman–Crippen MR) is 118 cm³/mol. The molecule has 0 aliphatic carbocycles. The van der Waals surface area contributed by atoms with Gasteiger partial charge >= 0.3 is 0 Å². The lowest BCUT2D eigenvalue weighted by atomic mass is 10.1. The second kappa shape index (κ2) is 8.32. The molecule has 1 fully saturated rings. The van der Waals surface area contributed by atoms with Crippen LogP contribution in [-0.4, -0.2) is 63.5 Å². The highest BCUT2D eigenvalue weighted by Gasteiger charge is 2.26. The lowest BCUT2D eigenvalue weighted by Gasteiger charge is -2.34. The van der Waals surface area contributed by atoms with E-state index in [1.54, 1.807) is 16.8 Å². The molecule has 0 unspecified atom stereocenters. The first-order valence-corrected chi connectivity index (χ1v) is 10.9. The molecule has 3 heterocycles. The van der Waals surface area contributed by atoms with Crippen LogP contribution in [0.3, 0.4) is 0 Å². The van der Waals surface area contributed by atoms with Crippen LogP contribution in [0.1, 0.15) is 27.3 Å². The molecule has 0 spiro atoms. The van der Waals surface area contributed by atoms with Gasteiger partial charge in [-0.05, 0) is 42.3 Å². The van der Waals surface area contributed by atoms with Crippen molar-refractivity contribution in [2.24, 2.45) is 0 Å². The number of piperazine rings is 1. The summed E-state index contributed by atoms with van der Waals surface area (Å²) >= 11 is 6.09. The van der Waals surface area contributed by atoms with E-state index < -0.39 is 0 Å². The smallest absolute Gasteiger partial charge is 0.276 e. The first kappa shape index (κ1) is 20.0. The maximum atomic E-state index is 13.1. The van der Waals surface area contributed by atoms with E-state index in [-0.39, 0.29) is 5.91 Å². The topological polar surface area (TPSA) is 63.5 Å². The number of nitrogens with zero attached hydrogens (tertiary/aromatic N) is 5. The largest absolute Gasteiger partial charge is 0.493 e. The fourth-order valence-corrected chi connectivity index (χ4v) is 4.42. The van der Waals surface area contributed by atoms with Crippen LogP contribution in [0.2, 0.25) is 5.02 Å². The summed E-state index contributed by atoms with van der Waals surface area (Å²) in [5.74, 6) is 0.945. The molecular formula is C23H24ClN5O2. The maximum absolute atomic E-state index is 13.1. The number of hydrogen-bond donors (Lipinski definition) is 0. The van der Waals surface area contributed by atoms with Crippen LogP contribution < -0.4 is 4.74 Å². The number of carbonyl (C=O) groups excluding carboxylic acids is 1. The molecule has 8 heteroatoms. The quantitative estimate of drug-likeness (QED) is 0.627. The van der Waals surface area contributed by atoms with Crippen molar-refractivity contribution in [2.45, 2.75) is 19.9 Å². The van der Waals surface area contributed by atoms with Crippen LogP contribution in [0, 0.1) is 6.92 Å². The molecule has 5 rings (SSSR count). The highest BCUT2D eigenvalue weighted by molar-refractivity contribution is 6.30. The van der Waals surface area contributed by atoms with Crippen molar-refractivity contribution in [2.75, 3.05) is 32.8 Å². The van der Waals surface area contributed by atoms with Gasteiger partial charge < -0.3 is 9.64 Å². The Labute approximate surface area is 186 Å². The third kappa shape index (κ3) is 4.03. The standard InChI is InChI=1S/C23H24ClN5O2/c1-16-22(25-26-29(16)20-4-2-3-19(24)14-20)23(30)28-10-8-27(9-11-28)15-17-5-6-21-18(13-17)7-12-31-21/h2-6,13-14H,7-12,15H2,1H3. The van der Waals surface area contributed by atoms with E-state index in [9.17, 15) is 4.79 Å². The molecule has 3 aromatic rings. The van der Waals surface area contributed by atoms with Crippen LogP contribution >= 0.6 is 11.6 Å². The fourth-order valence-electron chi connectivity index (χ4n) is 4.24. The van der Waals surface area contributed by atoms with Crippen molar-refractivity contribution in [3.63, 3.8) is 0 Å². The van der Waals surface area contributed by atoms with E-state index in [2.05, 4.69) is 33.4 Å². The van der Waals surface area contributed by atoms with Crippen LogP contribution in [0.25, 0.3) is 5.69 Å². The third-order valence-corrected chi connectivity index (χ3v) is 6.20. The van der Waals surface area contributed by atoms with Gasteiger partial charge in [-0.25, -0.2) is 4.68 Å². The Bertz CT molecular complexity index is 1120. The van der Waals surface area contributed by atoms with Crippen LogP contribution in [0.4, 0.5) is 0 Å². The molecule has 2 aliphatic heterocycles. The Morgan fingerprint density at radius 2 is 1.97 bits per heavy atom. The molecule has 0 radical (unpaired) electrons. The van der Waals surface area contributed by atoms with E-state index >= 15 is 0 Å². The highest BCUT2D eigenvalue weighted by atomic mass is 35.5. The van der Waals surface area contributed by atoms with Gasteiger partial charge in [0, 0.05) is 44.2 Å². The van der Waals surface area contributed by atoms with E-state index in [0.717, 1.165) is 49.8 Å². The van der Waals surface area contributed by atoms with Crippen LogP contribution in [0.5, 0.6) is 5.75 Å². The Morgan fingerprint density at radius 3 is 2.77 bits per heavy atom. The number of carbonyl (C=O) groups is 1. The molecule has 0 saturated carbocycles. The molecular weight excluding hydrogens is 414 g/mol. The predicted octanol–water partition coefficient (Wildman–Crippen LogP) is 3.12. The maximum Gasteiger partial charge on any atom is 0.276 e. The molecule has 1 saturated heterocycles. The molecule has 2 aliphatic rings. The van der Waals surface area contributed by atoms with Crippen molar-refractivity contribution in [3.05, 3.63) is 70.0 Å². The molecule has 1 amide bonds. The monoisotopic (exact) mass is 437 g/mol. The Kier molecular flexibility index (Phi) is 5.38. The average Bonchev–Trinajstić information content (AvgIpc) is 3.40. The Balaban J connectivity index is 1.22. The summed E-state index contributed by atoms with van der Waals surface area (Å²) in [6, 6.07) is 13.8. The summed E-state index contributed by atoms with van der Waals surface area (Å²) < 4.78 is 7.25. The van der Waals surface area contributed by atoms with Crippen molar-refractivity contribution in [1.82, 2.24) is 24.8 Å². The van der Waals surface area contributed by atoms with Gasteiger partial charge in [0.15, 0.2) is 5.69 Å². The fraction of sp³-hybridized carbons (Fsp3) is 0.348. The van der Waals surface area contributed by atoms with Gasteiger partial charge in [0.2, 0.25) is 0 Å². The summed E-state index contributed by atoms with van der Waals surface area (Å²) in [4.78, 5) is 17.3. The van der Waals surface area contributed by atoms with Crippen molar-refractivity contribution < 1.29 is 9.53 Å². The normalized spacial score (nSPS) is 16.3. The first-order valence-electron chi connectivity index (χ1n) is 10.5. The molecule has 2 aromatic carbocycles. The van der Waals surface area contributed by atoms with Crippen LogP contribution in [-0.2, 0) is 13.0 Å². The molecule has 160 valence electrons. The summed E-state index contributed by atoms with van der Waals surface area (Å²) in [5, 5.41) is 8.97. The first-order chi connectivity index (χ1) is 15.1. The summed E-state index contributed by atoms with van der Waals surface area (Å²) in [5.41, 5.74) is 4.50. The third-order valence-electron chi connectivity index (χ3n) is 5.97. The SMILES string of the molecule is Cc1c(C(=O)N2CCN(Cc3ccc4c(c3)CCO4)CC2)nnn1-c1cccc(Cl)c1. The highest BCUT2D eigenvalue weighted by Crippen LogP contribution is 2.26. The van der Waals surface area contributed by atoms with Crippen molar-refractivity contribution >= 4 is 17.5 Å². The van der Waals surface area contributed by atoms with Gasteiger partial charge in [-0.1, -0.05) is 35.0 Å². The number of ether oxygens (including phenoxy) is 1. The number of aromatic nitrogens is 3. The van der Waals surface area contributed by atoms with Gasteiger partial charge in [0.25, 0.3) is 5.91 Å². The number of hydrogen-bond acceptors (Lipinski definition) is 5. The zero-order valence-corrected chi connectivity index (χ0v) is 18.2. The summed E-state index contributed by atoms with van der Waals surface area (Å²) in [6.45, 7) is 6.55. The minimum atomic E-state index is -0.0693. The Morgan fingerprint density at radius 1 is 1.13 bits per heavy atom. The van der Waals surface area contributed by atoms with E-state index in [0.29, 0.717) is 23.8 Å². The zero-order chi connectivity index (χ0) is 21.4. The molecule has 0 N–H and O–H groups in total. The number of halogens is 1. The van der Waals surface area contributed by atoms with Gasteiger partial charge in [-0.2, -0.15) is 0 Å². The second-order valence-electron chi connectivity index (χ2n) is 8.02. The molecule has 0 bridgehead atoms. The number of fused-ring (bicyclic) bond motifs is 1. The van der Waals surface area contributed by atoms with E-state index in [1.807, 2.05) is 24.0 Å². The van der Waals surface area contributed by atoms with Gasteiger partial charge in [-0.3, -0.25) is 9.69 Å². The minimum Gasteiger partial charge on any atom is -0.493 e. The molecule has 7 nitrogen and oxygen atoms in total. The van der Waals surface area contributed by atoms with Crippen molar-refractivity contribution in [3.8, 4) is 11.4 Å². The molecule has 0 atom stereocenters. The van der Waals surface area contributed by atoms with E-state index in [4.69, 9.17) is 16.3 Å². The Hall–Kier alpha value is -2.90.